The van der Waals surface area contributed by atoms with Crippen LogP contribution in [0.3, 0.4) is 0 Å². The van der Waals surface area contributed by atoms with Gasteiger partial charge in [0.15, 0.2) is 0 Å². The minimum atomic E-state index is -3.42. The van der Waals surface area contributed by atoms with Crippen LogP contribution in [-0.2, 0) is 10.0 Å². The lowest BCUT2D eigenvalue weighted by Crippen LogP contribution is -2.33. The number of benzene rings is 1. The van der Waals surface area contributed by atoms with Crippen LogP contribution in [0, 0.1) is 0 Å². The monoisotopic (exact) mass is 311 g/mol. The second kappa shape index (κ2) is 7.24. The molecule has 2 rings (SSSR count). The van der Waals surface area contributed by atoms with E-state index < -0.39 is 10.0 Å². The molecule has 1 aromatic rings. The second-order valence-electron chi connectivity index (χ2n) is 5.55. The maximum absolute atomic E-state index is 12.0. The van der Waals surface area contributed by atoms with Crippen molar-refractivity contribution >= 4 is 15.7 Å². The summed E-state index contributed by atoms with van der Waals surface area (Å²) in [6.07, 6.45) is 5.21. The van der Waals surface area contributed by atoms with E-state index in [4.69, 9.17) is 0 Å². The van der Waals surface area contributed by atoms with Crippen molar-refractivity contribution in [1.82, 2.24) is 9.62 Å². The predicted molar refractivity (Wildman–Crippen MR) is 86.1 cm³/mol. The van der Waals surface area contributed by atoms with Crippen LogP contribution < -0.4 is 10.0 Å². The largest absolute Gasteiger partial charge is 0.383 e. The minimum absolute atomic E-state index is 0.302. The quantitative estimate of drug-likeness (QED) is 0.807. The first-order valence-corrected chi connectivity index (χ1v) is 8.99. The van der Waals surface area contributed by atoms with E-state index in [1.54, 1.807) is 18.2 Å². The van der Waals surface area contributed by atoms with Crippen LogP contribution in [0.5, 0.6) is 0 Å². The van der Waals surface area contributed by atoms with Gasteiger partial charge in [-0.1, -0.05) is 25.0 Å². The molecule has 5 nitrogen and oxygen atoms in total. The molecule has 2 N–H and O–H groups in total. The normalized spacial score (nSPS) is 16.5. The molecule has 21 heavy (non-hydrogen) atoms. The van der Waals surface area contributed by atoms with E-state index in [1.807, 2.05) is 6.07 Å². The van der Waals surface area contributed by atoms with Gasteiger partial charge in [-0.3, -0.25) is 0 Å². The summed E-state index contributed by atoms with van der Waals surface area (Å²) in [6, 6.07) is 7.69. The van der Waals surface area contributed by atoms with Gasteiger partial charge in [0.05, 0.1) is 5.69 Å². The molecule has 6 heteroatoms. The van der Waals surface area contributed by atoms with E-state index in [1.165, 1.54) is 32.7 Å². The topological polar surface area (TPSA) is 61.4 Å². The third kappa shape index (κ3) is 4.18. The van der Waals surface area contributed by atoms with E-state index in [2.05, 4.69) is 22.0 Å². The van der Waals surface area contributed by atoms with Gasteiger partial charge >= 0.3 is 0 Å². The van der Waals surface area contributed by atoms with E-state index in [-0.39, 0.29) is 0 Å². The number of likely N-dealkylation sites (N-methyl/N-ethyl adjacent to an activating group) is 1. The molecule has 1 saturated carbocycles. The van der Waals surface area contributed by atoms with Gasteiger partial charge < -0.3 is 10.2 Å². The summed E-state index contributed by atoms with van der Waals surface area (Å²) in [6.45, 7) is 1.65. The molecule has 0 bridgehead atoms. The molecule has 0 saturated heterocycles. The van der Waals surface area contributed by atoms with Crippen LogP contribution >= 0.6 is 0 Å². The number of nitrogens with zero attached hydrogens (tertiary/aromatic N) is 1. The molecule has 0 aliphatic heterocycles. The first kappa shape index (κ1) is 16.3. The number of rotatable bonds is 7. The molecular formula is C15H25N3O2S. The minimum Gasteiger partial charge on any atom is -0.383 e. The zero-order chi connectivity index (χ0) is 15.3. The van der Waals surface area contributed by atoms with E-state index in [9.17, 15) is 8.42 Å². The zero-order valence-corrected chi connectivity index (χ0v) is 13.6. The summed E-state index contributed by atoms with van der Waals surface area (Å²) < 4.78 is 26.3. The molecule has 0 aromatic heterocycles. The van der Waals surface area contributed by atoms with Gasteiger partial charge in [0, 0.05) is 19.1 Å². The Labute approximate surface area is 127 Å². The highest BCUT2D eigenvalue weighted by atomic mass is 32.2. The smallest absolute Gasteiger partial charge is 0.242 e. The number of para-hydroxylation sites is 1. The Morgan fingerprint density at radius 3 is 2.57 bits per heavy atom. The molecule has 1 aromatic carbocycles. The Morgan fingerprint density at radius 2 is 1.90 bits per heavy atom. The summed E-state index contributed by atoms with van der Waals surface area (Å²) in [4.78, 5) is 2.67. The maximum Gasteiger partial charge on any atom is 0.242 e. The highest BCUT2D eigenvalue weighted by Crippen LogP contribution is 2.23. The molecule has 0 heterocycles. The first-order chi connectivity index (χ1) is 10.0. The first-order valence-electron chi connectivity index (χ1n) is 7.51. The number of anilines is 1. The Morgan fingerprint density at radius 1 is 1.24 bits per heavy atom. The van der Waals surface area contributed by atoms with Crippen molar-refractivity contribution in [2.24, 2.45) is 0 Å². The number of hydrogen-bond donors (Lipinski definition) is 2. The van der Waals surface area contributed by atoms with Gasteiger partial charge in [0.25, 0.3) is 0 Å². The van der Waals surface area contributed by atoms with Crippen molar-refractivity contribution in [3.63, 3.8) is 0 Å². The van der Waals surface area contributed by atoms with Crippen LogP contribution in [0.25, 0.3) is 0 Å². The molecule has 1 fully saturated rings. The Bertz CT molecular complexity index is 554. The molecular weight excluding hydrogens is 286 g/mol. The van der Waals surface area contributed by atoms with Gasteiger partial charge in [-0.2, -0.15) is 0 Å². The van der Waals surface area contributed by atoms with Crippen LogP contribution in [0.15, 0.2) is 29.2 Å². The lowest BCUT2D eigenvalue weighted by molar-refractivity contribution is 0.254. The molecule has 1 aliphatic carbocycles. The number of hydrogen-bond acceptors (Lipinski definition) is 4. The SMILES string of the molecule is CNS(=O)(=O)c1ccccc1NCCN(C)C1CCCC1. The summed E-state index contributed by atoms with van der Waals surface area (Å²) in [7, 11) is 0.156. The van der Waals surface area contributed by atoms with Gasteiger partial charge in [-0.05, 0) is 39.1 Å². The molecule has 0 atom stereocenters. The third-order valence-corrected chi connectivity index (χ3v) is 5.65. The second-order valence-corrected chi connectivity index (χ2v) is 7.40. The fourth-order valence-corrected chi connectivity index (χ4v) is 3.76. The predicted octanol–water partition coefficient (Wildman–Crippen LogP) is 1.88. The molecule has 0 spiro atoms. The zero-order valence-electron chi connectivity index (χ0n) is 12.8. The lowest BCUT2D eigenvalue weighted by atomic mass is 10.2. The highest BCUT2D eigenvalue weighted by Gasteiger charge is 2.19. The van der Waals surface area contributed by atoms with Crippen molar-refractivity contribution in [3.8, 4) is 0 Å². The molecule has 0 amide bonds. The summed E-state index contributed by atoms with van der Waals surface area (Å²) in [5.74, 6) is 0. The average molecular weight is 311 g/mol. The Balaban J connectivity index is 1.94. The van der Waals surface area contributed by atoms with Gasteiger partial charge in [-0.15, -0.1) is 0 Å². The van der Waals surface area contributed by atoms with Crippen molar-refractivity contribution in [2.45, 2.75) is 36.6 Å². The van der Waals surface area contributed by atoms with E-state index in [0.29, 0.717) is 16.6 Å². The van der Waals surface area contributed by atoms with Gasteiger partial charge in [-0.25, -0.2) is 13.1 Å². The molecule has 0 unspecified atom stereocenters. The average Bonchev–Trinajstić information content (AvgIpc) is 3.02. The molecule has 118 valence electrons. The molecule has 0 radical (unpaired) electrons. The summed E-state index contributed by atoms with van der Waals surface area (Å²) >= 11 is 0. The van der Waals surface area contributed by atoms with Gasteiger partial charge in [0.1, 0.15) is 4.90 Å². The van der Waals surface area contributed by atoms with Crippen molar-refractivity contribution < 1.29 is 8.42 Å². The maximum atomic E-state index is 12.0. The van der Waals surface area contributed by atoms with Crippen molar-refractivity contribution in [1.29, 1.82) is 0 Å². The van der Waals surface area contributed by atoms with Crippen LogP contribution in [0.1, 0.15) is 25.7 Å². The van der Waals surface area contributed by atoms with Crippen molar-refractivity contribution in [3.05, 3.63) is 24.3 Å². The highest BCUT2D eigenvalue weighted by molar-refractivity contribution is 7.89. The molecule has 1 aliphatic rings. The fraction of sp³-hybridized carbons (Fsp3) is 0.600. The summed E-state index contributed by atoms with van der Waals surface area (Å²) in [5, 5.41) is 3.25. The van der Waals surface area contributed by atoms with Crippen LogP contribution in [0.4, 0.5) is 5.69 Å². The van der Waals surface area contributed by atoms with Crippen LogP contribution in [-0.4, -0.2) is 46.5 Å². The fourth-order valence-electron chi connectivity index (χ4n) is 2.85. The van der Waals surface area contributed by atoms with Gasteiger partial charge in [0.2, 0.25) is 10.0 Å². The number of nitrogens with one attached hydrogen (secondary N) is 2. The lowest BCUT2D eigenvalue weighted by Gasteiger charge is -2.24. The van der Waals surface area contributed by atoms with E-state index >= 15 is 0 Å². The van der Waals surface area contributed by atoms with Crippen LogP contribution in [0.2, 0.25) is 0 Å². The van der Waals surface area contributed by atoms with E-state index in [0.717, 1.165) is 13.1 Å². The van der Waals surface area contributed by atoms with Crippen molar-refractivity contribution in [2.75, 3.05) is 32.5 Å². The Hall–Kier alpha value is -1.11. The number of sulfonamides is 1. The summed E-state index contributed by atoms with van der Waals surface area (Å²) in [5.41, 5.74) is 0.659. The third-order valence-electron chi connectivity index (χ3n) is 4.17. The Kier molecular flexibility index (Phi) is 5.61. The standard InChI is InChI=1S/C15H25N3O2S/c1-16-21(19,20)15-10-6-5-9-14(15)17-11-12-18(2)13-7-3-4-8-13/h5-6,9-10,13,16-17H,3-4,7-8,11-12H2,1-2H3.